The van der Waals surface area contributed by atoms with Crippen LogP contribution in [0, 0.1) is 0 Å². The average Bonchev–Trinajstić information content (AvgIpc) is 3.67. The van der Waals surface area contributed by atoms with Crippen molar-refractivity contribution in [3.05, 3.63) is 194 Å². The Hall–Kier alpha value is -6.96. The van der Waals surface area contributed by atoms with Gasteiger partial charge in [-0.25, -0.2) is 0 Å². The number of benzene rings is 10. The van der Waals surface area contributed by atoms with Crippen LogP contribution in [0.2, 0.25) is 0 Å². The highest BCUT2D eigenvalue weighted by molar-refractivity contribution is 6.25. The summed E-state index contributed by atoms with van der Waals surface area (Å²) in [4.78, 5) is 0. The molecule has 10 aromatic carbocycles. The van der Waals surface area contributed by atoms with Gasteiger partial charge in [-0.1, -0.05) is 170 Å². The molecule has 0 aliphatic rings. The molecule has 0 spiro atoms. The highest BCUT2D eigenvalue weighted by atomic mass is 16.3. The molecule has 0 amide bonds. The van der Waals surface area contributed by atoms with Gasteiger partial charge in [0.05, 0.1) is 9.60 Å². The van der Waals surface area contributed by atoms with Gasteiger partial charge in [-0.15, -0.1) is 0 Å². The molecule has 11 rings (SSSR count). The van der Waals surface area contributed by atoms with E-state index < -0.39 is 24.2 Å². The van der Waals surface area contributed by atoms with Crippen molar-refractivity contribution >= 4 is 65.0 Å². The van der Waals surface area contributed by atoms with Crippen LogP contribution in [0.5, 0.6) is 0 Å². The van der Waals surface area contributed by atoms with Crippen LogP contribution in [0.1, 0.15) is 9.60 Å². The topological polar surface area (TPSA) is 13.1 Å². The van der Waals surface area contributed by atoms with Crippen molar-refractivity contribution in [2.45, 2.75) is 0 Å². The smallest absolute Gasteiger partial charge is 0.136 e. The van der Waals surface area contributed by atoms with Crippen molar-refractivity contribution in [1.29, 1.82) is 0 Å². The molecule has 0 aliphatic carbocycles. The van der Waals surface area contributed by atoms with E-state index in [1.54, 1.807) is 0 Å². The minimum absolute atomic E-state index is 0.0622. The lowest BCUT2D eigenvalue weighted by molar-refractivity contribution is 0.669. The lowest BCUT2D eigenvalue weighted by atomic mass is 9.83. The van der Waals surface area contributed by atoms with Gasteiger partial charge in [-0.2, -0.15) is 0 Å². The molecule has 0 atom stereocenters. The van der Waals surface area contributed by atoms with Gasteiger partial charge >= 0.3 is 0 Å². The first kappa shape index (κ1) is 23.5. The van der Waals surface area contributed by atoms with Crippen molar-refractivity contribution in [2.75, 3.05) is 0 Å². The van der Waals surface area contributed by atoms with Gasteiger partial charge in [-0.05, 0) is 112 Å². The summed E-state index contributed by atoms with van der Waals surface area (Å²) in [5, 5.41) is 7.35. The van der Waals surface area contributed by atoms with Crippen LogP contribution in [0.4, 0.5) is 0 Å². The Bertz CT molecular complexity index is 3570. The summed E-state index contributed by atoms with van der Waals surface area (Å²) < 4.78 is 68.4. The van der Waals surface area contributed by atoms with E-state index in [-0.39, 0.29) is 34.5 Å². The minimum atomic E-state index is -0.488. The second-order valence-corrected chi connectivity index (χ2v) is 13.4. The SMILES string of the molecule is [2H]c1c([2H])c([2H])c2c([2H])c(-c3c4ccccc4c(-c4ccc(-c5cccc6oc7cc(-c8ccccc8)ccc7c56)c5ccccc45)c4ccccc34)c([2H])c([2H])c2c1[2H]. The summed E-state index contributed by atoms with van der Waals surface area (Å²) in [6, 6.07) is 49.0. The third kappa shape index (κ3) is 4.64. The average molecular weight is 680 g/mol. The van der Waals surface area contributed by atoms with Crippen LogP contribution < -0.4 is 0 Å². The zero-order valence-electron chi connectivity index (χ0n) is 35.3. The van der Waals surface area contributed by atoms with Crippen LogP contribution >= 0.6 is 0 Å². The van der Waals surface area contributed by atoms with Crippen LogP contribution in [-0.2, 0) is 0 Å². The molecule has 0 fully saturated rings. The van der Waals surface area contributed by atoms with E-state index in [0.29, 0.717) is 5.56 Å². The summed E-state index contributed by atoms with van der Waals surface area (Å²) in [6.07, 6.45) is 0. The van der Waals surface area contributed by atoms with Crippen molar-refractivity contribution in [2.24, 2.45) is 0 Å². The zero-order chi connectivity index (χ0) is 41.0. The Balaban J connectivity index is 1.17. The lowest BCUT2D eigenvalue weighted by Crippen LogP contribution is -1.92. The van der Waals surface area contributed by atoms with Crippen LogP contribution in [0.25, 0.3) is 110 Å². The monoisotopic (exact) mass is 679 g/mol. The van der Waals surface area contributed by atoms with E-state index in [2.05, 4.69) is 72.8 Å². The molecule has 1 heteroatoms. The molecule has 0 N–H and O–H groups in total. The van der Waals surface area contributed by atoms with E-state index in [1.165, 1.54) is 0 Å². The van der Waals surface area contributed by atoms with Gasteiger partial charge in [0.15, 0.2) is 0 Å². The molecule has 0 saturated heterocycles. The number of hydrogen-bond acceptors (Lipinski definition) is 1. The Labute approximate surface area is 316 Å². The molecule has 0 unspecified atom stereocenters. The zero-order valence-corrected chi connectivity index (χ0v) is 28.3. The van der Waals surface area contributed by atoms with Gasteiger partial charge in [0.2, 0.25) is 0 Å². The molecule has 11 aromatic rings. The van der Waals surface area contributed by atoms with Gasteiger partial charge in [0.25, 0.3) is 0 Å². The van der Waals surface area contributed by atoms with Gasteiger partial charge in [-0.3, -0.25) is 0 Å². The molecule has 1 heterocycles. The Morgan fingerprint density at radius 1 is 0.358 bits per heavy atom. The standard InChI is InChI=1S/C52H32O/c1-2-13-33(14-3-1)36-27-28-47-49(32-36)53-48-24-12-23-41(52(47)48)40-29-30-46(39-18-7-6-17-38(39)40)51-44-21-10-8-19-42(44)50(43-20-9-11-22-45(43)51)37-26-25-34-15-4-5-16-35(34)31-37/h1-32H/i4D,5D,15D,16D,25D,26D,31D. The fourth-order valence-electron chi connectivity index (χ4n) is 8.21. The van der Waals surface area contributed by atoms with E-state index in [9.17, 15) is 2.74 Å². The molecule has 0 aliphatic heterocycles. The Morgan fingerprint density at radius 2 is 0.981 bits per heavy atom. The Morgan fingerprint density at radius 3 is 1.72 bits per heavy atom. The van der Waals surface area contributed by atoms with Gasteiger partial charge in [0, 0.05) is 10.8 Å². The molecule has 0 bridgehead atoms. The molecule has 0 saturated carbocycles. The summed E-state index contributed by atoms with van der Waals surface area (Å²) in [5.41, 5.74) is 8.74. The predicted molar refractivity (Wildman–Crippen MR) is 225 cm³/mol. The summed E-state index contributed by atoms with van der Waals surface area (Å²) in [7, 11) is 0. The van der Waals surface area contributed by atoms with Crippen molar-refractivity contribution in [3.8, 4) is 44.5 Å². The van der Waals surface area contributed by atoms with E-state index in [4.69, 9.17) is 11.3 Å². The molecular weight excluding hydrogens is 641 g/mol. The number of hydrogen-bond donors (Lipinski definition) is 0. The fraction of sp³-hybridized carbons (Fsp3) is 0. The molecule has 53 heavy (non-hydrogen) atoms. The van der Waals surface area contributed by atoms with Crippen LogP contribution in [0.3, 0.4) is 0 Å². The largest absolute Gasteiger partial charge is 0.456 e. The second-order valence-electron chi connectivity index (χ2n) is 13.4. The van der Waals surface area contributed by atoms with Crippen molar-refractivity contribution < 1.29 is 14.0 Å². The van der Waals surface area contributed by atoms with Crippen molar-refractivity contribution in [1.82, 2.24) is 0 Å². The summed E-state index contributed by atoms with van der Waals surface area (Å²) in [6.45, 7) is 0. The lowest BCUT2D eigenvalue weighted by Gasteiger charge is -2.20. The van der Waals surface area contributed by atoms with Gasteiger partial charge < -0.3 is 4.42 Å². The molecule has 0 radical (unpaired) electrons. The highest BCUT2D eigenvalue weighted by Gasteiger charge is 2.20. The predicted octanol–water partition coefficient (Wildman–Crippen LogP) is 14.9. The van der Waals surface area contributed by atoms with E-state index in [0.717, 1.165) is 87.6 Å². The van der Waals surface area contributed by atoms with E-state index in [1.807, 2.05) is 78.9 Å². The quantitative estimate of drug-likeness (QED) is 0.169. The first-order chi connectivity index (χ1) is 29.2. The van der Waals surface area contributed by atoms with E-state index >= 15 is 0 Å². The minimum Gasteiger partial charge on any atom is -0.456 e. The Kier molecular flexibility index (Phi) is 5.23. The molecule has 1 nitrogen and oxygen atoms in total. The fourth-order valence-corrected chi connectivity index (χ4v) is 8.21. The highest BCUT2D eigenvalue weighted by Crippen LogP contribution is 2.48. The molecule has 246 valence electrons. The number of furan rings is 1. The van der Waals surface area contributed by atoms with Crippen LogP contribution in [-0.4, -0.2) is 0 Å². The van der Waals surface area contributed by atoms with Gasteiger partial charge in [0.1, 0.15) is 11.2 Å². The third-order valence-corrected chi connectivity index (χ3v) is 10.5. The first-order valence-corrected chi connectivity index (χ1v) is 17.7. The van der Waals surface area contributed by atoms with Crippen LogP contribution in [0.15, 0.2) is 198 Å². The number of rotatable bonds is 4. The van der Waals surface area contributed by atoms with Crippen molar-refractivity contribution in [3.63, 3.8) is 0 Å². The maximum atomic E-state index is 9.49. The number of fused-ring (bicyclic) bond motifs is 7. The third-order valence-electron chi connectivity index (χ3n) is 10.5. The normalized spacial score (nSPS) is 13.6. The maximum absolute atomic E-state index is 9.49. The molecule has 1 aromatic heterocycles. The molecular formula is C52H32O. The maximum Gasteiger partial charge on any atom is 0.136 e. The summed E-state index contributed by atoms with van der Waals surface area (Å²) >= 11 is 0. The second kappa shape index (κ2) is 11.8. The summed E-state index contributed by atoms with van der Waals surface area (Å²) in [5.74, 6) is 0. The first-order valence-electron chi connectivity index (χ1n) is 21.2.